The molecule has 0 aliphatic carbocycles. The first kappa shape index (κ1) is 18.0. The predicted molar refractivity (Wildman–Crippen MR) is 111 cm³/mol. The Bertz CT molecular complexity index is 750. The molecule has 4 nitrogen and oxygen atoms in total. The largest absolute Gasteiger partial charge is 0.376 e. The summed E-state index contributed by atoms with van der Waals surface area (Å²) >= 11 is 6.83. The van der Waals surface area contributed by atoms with Gasteiger partial charge in [0, 0.05) is 25.4 Å². The molecule has 1 aromatic rings. The zero-order valence-corrected chi connectivity index (χ0v) is 16.7. The smallest absolute Gasteiger partial charge is 0.266 e. The molecule has 0 aromatic heterocycles. The maximum absolute atomic E-state index is 12.8. The van der Waals surface area contributed by atoms with Crippen LogP contribution in [0.25, 0.3) is 6.08 Å². The number of benzene rings is 1. The number of ether oxygens (including phenoxy) is 1. The number of amides is 1. The lowest BCUT2D eigenvalue weighted by Crippen LogP contribution is -2.35. The topological polar surface area (TPSA) is 32.8 Å². The van der Waals surface area contributed by atoms with E-state index in [1.165, 1.54) is 35.9 Å². The molecule has 138 valence electrons. The summed E-state index contributed by atoms with van der Waals surface area (Å²) in [5, 5.41) is 0. The van der Waals surface area contributed by atoms with Gasteiger partial charge in [-0.25, -0.2) is 0 Å². The van der Waals surface area contributed by atoms with E-state index in [-0.39, 0.29) is 12.0 Å². The van der Waals surface area contributed by atoms with Crippen LogP contribution in [0, 0.1) is 6.92 Å². The van der Waals surface area contributed by atoms with Gasteiger partial charge in [-0.2, -0.15) is 0 Å². The van der Waals surface area contributed by atoms with Gasteiger partial charge in [-0.05, 0) is 61.9 Å². The van der Waals surface area contributed by atoms with Crippen molar-refractivity contribution >= 4 is 46.0 Å². The number of hydrogen-bond donors (Lipinski definition) is 0. The number of rotatable bonds is 4. The van der Waals surface area contributed by atoms with Gasteiger partial charge >= 0.3 is 0 Å². The van der Waals surface area contributed by atoms with Gasteiger partial charge in [0.15, 0.2) is 0 Å². The van der Waals surface area contributed by atoms with Gasteiger partial charge in [0.2, 0.25) is 0 Å². The lowest BCUT2D eigenvalue weighted by Gasteiger charge is -2.20. The third-order valence-electron chi connectivity index (χ3n) is 5.25. The number of carbonyl (C=O) groups is 1. The zero-order valence-electron chi connectivity index (χ0n) is 15.1. The minimum Gasteiger partial charge on any atom is -0.376 e. The van der Waals surface area contributed by atoms with E-state index in [1.54, 1.807) is 4.90 Å². The van der Waals surface area contributed by atoms with Crippen molar-refractivity contribution in [1.29, 1.82) is 0 Å². The molecule has 1 amide bonds. The number of aryl methyl sites for hydroxylation is 1. The quantitative estimate of drug-likeness (QED) is 0.576. The van der Waals surface area contributed by atoms with Gasteiger partial charge in [0.05, 0.1) is 17.6 Å². The molecule has 0 bridgehead atoms. The van der Waals surface area contributed by atoms with Gasteiger partial charge in [-0.15, -0.1) is 0 Å². The van der Waals surface area contributed by atoms with E-state index in [0.29, 0.717) is 15.8 Å². The first-order chi connectivity index (χ1) is 12.6. The first-order valence-corrected chi connectivity index (χ1v) is 10.6. The fourth-order valence-electron chi connectivity index (χ4n) is 3.88. The van der Waals surface area contributed by atoms with E-state index in [0.717, 1.165) is 38.1 Å². The summed E-state index contributed by atoms with van der Waals surface area (Å²) in [6.45, 7) is 5.80. The van der Waals surface area contributed by atoms with Crippen molar-refractivity contribution in [3.8, 4) is 0 Å². The SMILES string of the molecule is Cc1cc(/C=C2\SC(=S)N(C[C@@H]3CCCO3)C2=O)ccc1N1CCCC1. The lowest BCUT2D eigenvalue weighted by molar-refractivity contribution is -0.123. The van der Waals surface area contributed by atoms with Crippen molar-refractivity contribution < 1.29 is 9.53 Å². The molecule has 1 aromatic carbocycles. The van der Waals surface area contributed by atoms with Crippen LogP contribution in [0.1, 0.15) is 36.8 Å². The normalized spacial score (nSPS) is 25.1. The number of hydrogen-bond acceptors (Lipinski definition) is 5. The van der Waals surface area contributed by atoms with Crippen LogP contribution in [0.3, 0.4) is 0 Å². The van der Waals surface area contributed by atoms with Gasteiger partial charge in [0.25, 0.3) is 5.91 Å². The molecule has 3 fully saturated rings. The van der Waals surface area contributed by atoms with Crippen molar-refractivity contribution in [3.05, 3.63) is 34.2 Å². The van der Waals surface area contributed by atoms with Crippen molar-refractivity contribution in [1.82, 2.24) is 4.90 Å². The van der Waals surface area contributed by atoms with E-state index in [4.69, 9.17) is 17.0 Å². The highest BCUT2D eigenvalue weighted by atomic mass is 32.2. The van der Waals surface area contributed by atoms with E-state index >= 15 is 0 Å². The number of thioether (sulfide) groups is 1. The summed E-state index contributed by atoms with van der Waals surface area (Å²) in [6.07, 6.45) is 6.71. The Morgan fingerprint density at radius 3 is 2.81 bits per heavy atom. The number of anilines is 1. The third kappa shape index (κ3) is 3.68. The number of carbonyl (C=O) groups excluding carboxylic acids is 1. The lowest BCUT2D eigenvalue weighted by atomic mass is 10.1. The molecule has 0 radical (unpaired) electrons. The van der Waals surface area contributed by atoms with Crippen LogP contribution in [0.4, 0.5) is 5.69 Å². The molecule has 26 heavy (non-hydrogen) atoms. The van der Waals surface area contributed by atoms with Gasteiger partial charge in [-0.1, -0.05) is 30.0 Å². The van der Waals surface area contributed by atoms with Crippen LogP contribution in [0.2, 0.25) is 0 Å². The third-order valence-corrected chi connectivity index (χ3v) is 6.63. The summed E-state index contributed by atoms with van der Waals surface area (Å²) in [7, 11) is 0. The summed E-state index contributed by atoms with van der Waals surface area (Å²) in [6, 6.07) is 6.45. The van der Waals surface area contributed by atoms with E-state index < -0.39 is 0 Å². The highest BCUT2D eigenvalue weighted by Gasteiger charge is 2.34. The molecule has 6 heteroatoms. The van der Waals surface area contributed by atoms with Crippen molar-refractivity contribution in [2.45, 2.75) is 38.7 Å². The average Bonchev–Trinajstić information content (AvgIpc) is 3.35. The Balaban J connectivity index is 1.49. The van der Waals surface area contributed by atoms with Crippen LogP contribution in [0.5, 0.6) is 0 Å². The molecule has 3 aliphatic rings. The van der Waals surface area contributed by atoms with Gasteiger partial charge in [0.1, 0.15) is 4.32 Å². The van der Waals surface area contributed by atoms with Crippen molar-refractivity contribution in [2.24, 2.45) is 0 Å². The highest BCUT2D eigenvalue weighted by molar-refractivity contribution is 8.26. The summed E-state index contributed by atoms with van der Waals surface area (Å²) in [4.78, 5) is 17.6. The number of thiocarbonyl (C=S) groups is 1. The van der Waals surface area contributed by atoms with Gasteiger partial charge < -0.3 is 9.64 Å². The summed E-state index contributed by atoms with van der Waals surface area (Å²) in [5.41, 5.74) is 3.63. The first-order valence-electron chi connectivity index (χ1n) is 9.34. The molecule has 4 rings (SSSR count). The predicted octanol–water partition coefficient (Wildman–Crippen LogP) is 3.98. The molecule has 0 saturated carbocycles. The minimum atomic E-state index is 0.0109. The average molecular weight is 389 g/mol. The van der Waals surface area contributed by atoms with Crippen LogP contribution in [-0.2, 0) is 9.53 Å². The Hall–Kier alpha value is -1.37. The number of nitrogens with zero attached hydrogens (tertiary/aromatic N) is 2. The standard InChI is InChI=1S/C20H24N2O2S2/c1-14-11-15(6-7-17(14)21-8-2-3-9-21)12-18-19(23)22(20(25)26-18)13-16-5-4-10-24-16/h6-7,11-12,16H,2-5,8-10,13H2,1H3/b18-12-/t16-/m0/s1. The Labute approximate surface area is 164 Å². The summed E-state index contributed by atoms with van der Waals surface area (Å²) < 4.78 is 6.30. The zero-order chi connectivity index (χ0) is 18.1. The Morgan fingerprint density at radius 2 is 2.12 bits per heavy atom. The van der Waals surface area contributed by atoms with Crippen LogP contribution in [-0.4, -0.2) is 47.5 Å². The van der Waals surface area contributed by atoms with Crippen LogP contribution in [0.15, 0.2) is 23.1 Å². The molecule has 1 atom stereocenters. The van der Waals surface area contributed by atoms with Crippen molar-refractivity contribution in [2.75, 3.05) is 31.1 Å². The molecule has 3 heterocycles. The maximum Gasteiger partial charge on any atom is 0.266 e. The second-order valence-electron chi connectivity index (χ2n) is 7.17. The summed E-state index contributed by atoms with van der Waals surface area (Å²) in [5.74, 6) is 0.0109. The van der Waals surface area contributed by atoms with Gasteiger partial charge in [-0.3, -0.25) is 9.69 Å². The highest BCUT2D eigenvalue weighted by Crippen LogP contribution is 2.34. The molecular weight excluding hydrogens is 364 g/mol. The Kier molecular flexibility index (Phi) is 5.34. The van der Waals surface area contributed by atoms with E-state index in [1.807, 2.05) is 6.08 Å². The Morgan fingerprint density at radius 1 is 1.31 bits per heavy atom. The fourth-order valence-corrected chi connectivity index (χ4v) is 5.16. The molecule has 0 spiro atoms. The fraction of sp³-hybridized carbons (Fsp3) is 0.500. The molecule has 0 unspecified atom stereocenters. The molecule has 0 N–H and O–H groups in total. The maximum atomic E-state index is 12.8. The second kappa shape index (κ2) is 7.71. The van der Waals surface area contributed by atoms with Crippen LogP contribution < -0.4 is 4.90 Å². The van der Waals surface area contributed by atoms with E-state index in [2.05, 4.69) is 30.0 Å². The minimum absolute atomic E-state index is 0.0109. The molecular formula is C20H24N2O2S2. The van der Waals surface area contributed by atoms with E-state index in [9.17, 15) is 4.79 Å². The second-order valence-corrected chi connectivity index (χ2v) is 8.84. The van der Waals surface area contributed by atoms with Crippen LogP contribution >= 0.6 is 24.0 Å². The monoisotopic (exact) mass is 388 g/mol. The van der Waals surface area contributed by atoms with Crippen molar-refractivity contribution in [3.63, 3.8) is 0 Å². The molecule has 3 aliphatic heterocycles. The molecule has 3 saturated heterocycles.